The standard InChI is InChI=1S/C16H16F2N2/c17-14-6-5-11(7-15(14)18)16(8-19)20-9-12-3-1-2-4-13(12)10-20/h1-7,16H,8-10,19H2. The van der Waals surface area contributed by atoms with E-state index >= 15 is 0 Å². The lowest BCUT2D eigenvalue weighted by atomic mass is 10.1. The van der Waals surface area contributed by atoms with Gasteiger partial charge in [0.15, 0.2) is 11.6 Å². The Morgan fingerprint density at radius 3 is 2.20 bits per heavy atom. The van der Waals surface area contributed by atoms with Gasteiger partial charge >= 0.3 is 0 Å². The molecule has 4 heteroatoms. The molecular weight excluding hydrogens is 258 g/mol. The molecule has 0 spiro atoms. The van der Waals surface area contributed by atoms with E-state index in [9.17, 15) is 8.78 Å². The molecule has 0 saturated carbocycles. The molecule has 1 aliphatic heterocycles. The van der Waals surface area contributed by atoms with Crippen molar-refractivity contribution in [1.29, 1.82) is 0 Å². The molecule has 1 heterocycles. The predicted octanol–water partition coefficient (Wildman–Crippen LogP) is 2.98. The molecule has 0 amide bonds. The average Bonchev–Trinajstić information content (AvgIpc) is 2.87. The number of benzene rings is 2. The van der Waals surface area contributed by atoms with Crippen molar-refractivity contribution in [3.8, 4) is 0 Å². The van der Waals surface area contributed by atoms with Crippen molar-refractivity contribution >= 4 is 0 Å². The van der Waals surface area contributed by atoms with Crippen LogP contribution in [-0.2, 0) is 13.1 Å². The van der Waals surface area contributed by atoms with E-state index < -0.39 is 11.6 Å². The number of hydrogen-bond acceptors (Lipinski definition) is 2. The normalized spacial score (nSPS) is 16.1. The highest BCUT2D eigenvalue weighted by molar-refractivity contribution is 5.32. The number of nitrogens with two attached hydrogens (primary N) is 1. The third kappa shape index (κ3) is 2.32. The molecule has 104 valence electrons. The van der Waals surface area contributed by atoms with Gasteiger partial charge in [0.2, 0.25) is 0 Å². The SMILES string of the molecule is NCC(c1ccc(F)c(F)c1)N1Cc2ccccc2C1. The zero-order valence-electron chi connectivity index (χ0n) is 11.0. The van der Waals surface area contributed by atoms with Crippen molar-refractivity contribution in [2.45, 2.75) is 19.1 Å². The zero-order chi connectivity index (χ0) is 14.1. The second-order valence-corrected chi connectivity index (χ2v) is 5.10. The smallest absolute Gasteiger partial charge is 0.159 e. The zero-order valence-corrected chi connectivity index (χ0v) is 11.0. The number of halogens is 2. The molecule has 0 aliphatic carbocycles. The van der Waals surface area contributed by atoms with E-state index in [1.807, 2.05) is 12.1 Å². The fraction of sp³-hybridized carbons (Fsp3) is 0.250. The van der Waals surface area contributed by atoms with Crippen molar-refractivity contribution in [1.82, 2.24) is 4.90 Å². The van der Waals surface area contributed by atoms with Crippen LogP contribution >= 0.6 is 0 Å². The summed E-state index contributed by atoms with van der Waals surface area (Å²) in [4.78, 5) is 2.19. The predicted molar refractivity (Wildman–Crippen MR) is 73.8 cm³/mol. The Bertz CT molecular complexity index is 603. The minimum Gasteiger partial charge on any atom is -0.329 e. The molecule has 2 aromatic carbocycles. The van der Waals surface area contributed by atoms with Gasteiger partial charge in [0.05, 0.1) is 0 Å². The Balaban J connectivity index is 1.87. The highest BCUT2D eigenvalue weighted by atomic mass is 19.2. The Labute approximate surface area is 116 Å². The van der Waals surface area contributed by atoms with Gasteiger partial charge in [-0.05, 0) is 28.8 Å². The van der Waals surface area contributed by atoms with Crippen LogP contribution in [0, 0.1) is 11.6 Å². The molecule has 0 saturated heterocycles. The monoisotopic (exact) mass is 274 g/mol. The fourth-order valence-corrected chi connectivity index (χ4v) is 2.80. The van der Waals surface area contributed by atoms with Gasteiger partial charge in [-0.3, -0.25) is 4.90 Å². The summed E-state index contributed by atoms with van der Waals surface area (Å²) in [7, 11) is 0. The van der Waals surface area contributed by atoms with E-state index in [1.165, 1.54) is 17.2 Å². The lowest BCUT2D eigenvalue weighted by Crippen LogP contribution is -2.29. The summed E-state index contributed by atoms with van der Waals surface area (Å²) < 4.78 is 26.4. The van der Waals surface area contributed by atoms with Crippen molar-refractivity contribution < 1.29 is 8.78 Å². The summed E-state index contributed by atoms with van der Waals surface area (Å²) in [5, 5.41) is 0. The van der Waals surface area contributed by atoms with Crippen LogP contribution in [0.25, 0.3) is 0 Å². The third-order valence-electron chi connectivity index (χ3n) is 3.86. The van der Waals surface area contributed by atoms with Gasteiger partial charge in [0.25, 0.3) is 0 Å². The number of fused-ring (bicyclic) bond motifs is 1. The first-order valence-corrected chi connectivity index (χ1v) is 6.65. The van der Waals surface area contributed by atoms with Crippen LogP contribution in [0.1, 0.15) is 22.7 Å². The molecule has 0 aromatic heterocycles. The minimum absolute atomic E-state index is 0.0995. The molecule has 1 unspecified atom stereocenters. The quantitative estimate of drug-likeness (QED) is 0.932. The summed E-state index contributed by atoms with van der Waals surface area (Å²) >= 11 is 0. The van der Waals surface area contributed by atoms with E-state index in [0.717, 1.165) is 24.7 Å². The van der Waals surface area contributed by atoms with Crippen molar-refractivity contribution in [3.63, 3.8) is 0 Å². The molecule has 2 nitrogen and oxygen atoms in total. The first kappa shape index (κ1) is 13.2. The van der Waals surface area contributed by atoms with Gasteiger partial charge in [0, 0.05) is 25.7 Å². The van der Waals surface area contributed by atoms with E-state index in [2.05, 4.69) is 17.0 Å². The van der Waals surface area contributed by atoms with Crippen LogP contribution in [0.4, 0.5) is 8.78 Å². The van der Waals surface area contributed by atoms with E-state index in [1.54, 1.807) is 6.07 Å². The van der Waals surface area contributed by atoms with Crippen molar-refractivity contribution in [2.75, 3.05) is 6.54 Å². The second-order valence-electron chi connectivity index (χ2n) is 5.10. The molecular formula is C16H16F2N2. The summed E-state index contributed by atoms with van der Waals surface area (Å²) in [6.45, 7) is 1.95. The molecule has 2 N–H and O–H groups in total. The number of rotatable bonds is 3. The summed E-state index contributed by atoms with van der Waals surface area (Å²) in [5.74, 6) is -1.65. The molecule has 0 radical (unpaired) electrons. The Morgan fingerprint density at radius 2 is 1.65 bits per heavy atom. The number of hydrogen-bond donors (Lipinski definition) is 1. The molecule has 1 aliphatic rings. The Morgan fingerprint density at radius 1 is 1.00 bits per heavy atom. The largest absolute Gasteiger partial charge is 0.329 e. The van der Waals surface area contributed by atoms with Gasteiger partial charge in [-0.15, -0.1) is 0 Å². The summed E-state index contributed by atoms with van der Waals surface area (Å²) in [6, 6.07) is 12.1. The van der Waals surface area contributed by atoms with Crippen LogP contribution in [0.5, 0.6) is 0 Å². The molecule has 2 aromatic rings. The van der Waals surface area contributed by atoms with Crippen LogP contribution in [0.3, 0.4) is 0 Å². The summed E-state index contributed by atoms with van der Waals surface area (Å²) in [5.41, 5.74) is 9.11. The lowest BCUT2D eigenvalue weighted by molar-refractivity contribution is 0.204. The maximum atomic E-state index is 13.4. The summed E-state index contributed by atoms with van der Waals surface area (Å²) in [6.07, 6.45) is 0. The van der Waals surface area contributed by atoms with Gasteiger partial charge in [-0.2, -0.15) is 0 Å². The van der Waals surface area contributed by atoms with Gasteiger partial charge in [-0.1, -0.05) is 30.3 Å². The maximum Gasteiger partial charge on any atom is 0.159 e. The molecule has 3 rings (SSSR count). The molecule has 1 atom stereocenters. The third-order valence-corrected chi connectivity index (χ3v) is 3.86. The van der Waals surface area contributed by atoms with Crippen LogP contribution in [-0.4, -0.2) is 11.4 Å². The van der Waals surface area contributed by atoms with Crippen molar-refractivity contribution in [3.05, 3.63) is 70.8 Å². The average molecular weight is 274 g/mol. The molecule has 0 bridgehead atoms. The maximum absolute atomic E-state index is 13.4. The minimum atomic E-state index is -0.825. The molecule has 20 heavy (non-hydrogen) atoms. The van der Waals surface area contributed by atoms with Gasteiger partial charge in [-0.25, -0.2) is 8.78 Å². The number of nitrogens with zero attached hydrogens (tertiary/aromatic N) is 1. The highest BCUT2D eigenvalue weighted by Crippen LogP contribution is 2.31. The van der Waals surface area contributed by atoms with E-state index in [-0.39, 0.29) is 6.04 Å². The molecule has 0 fully saturated rings. The van der Waals surface area contributed by atoms with E-state index in [0.29, 0.717) is 6.54 Å². The van der Waals surface area contributed by atoms with E-state index in [4.69, 9.17) is 5.73 Å². The Kier molecular flexibility index (Phi) is 3.51. The van der Waals surface area contributed by atoms with Gasteiger partial charge < -0.3 is 5.73 Å². The lowest BCUT2D eigenvalue weighted by Gasteiger charge is -2.26. The Hall–Kier alpha value is -1.78. The van der Waals surface area contributed by atoms with Crippen LogP contribution in [0.15, 0.2) is 42.5 Å². The fourth-order valence-electron chi connectivity index (χ4n) is 2.80. The first-order valence-electron chi connectivity index (χ1n) is 6.65. The highest BCUT2D eigenvalue weighted by Gasteiger charge is 2.26. The first-order chi connectivity index (χ1) is 9.69. The second kappa shape index (κ2) is 5.31. The van der Waals surface area contributed by atoms with Crippen LogP contribution < -0.4 is 5.73 Å². The van der Waals surface area contributed by atoms with Crippen LogP contribution in [0.2, 0.25) is 0 Å². The van der Waals surface area contributed by atoms with Gasteiger partial charge in [0.1, 0.15) is 0 Å². The van der Waals surface area contributed by atoms with Crippen molar-refractivity contribution in [2.24, 2.45) is 5.73 Å². The topological polar surface area (TPSA) is 29.3 Å².